The average molecular weight is 309 g/mol. The monoisotopic (exact) mass is 309 g/mol. The predicted octanol–water partition coefficient (Wildman–Crippen LogP) is 1.63. The minimum Gasteiger partial charge on any atom is -0.496 e. The summed E-state index contributed by atoms with van der Waals surface area (Å²) < 4.78 is 5.46. The molecule has 0 aliphatic carbocycles. The summed E-state index contributed by atoms with van der Waals surface area (Å²) in [5, 5.41) is 2.34. The van der Waals surface area contributed by atoms with E-state index in [-0.39, 0.29) is 16.5 Å². The molecule has 0 spiro atoms. The van der Waals surface area contributed by atoms with Gasteiger partial charge in [-0.25, -0.2) is 0 Å². The van der Waals surface area contributed by atoms with Gasteiger partial charge in [-0.15, -0.1) is 11.8 Å². The van der Waals surface area contributed by atoms with Crippen LogP contribution in [0.3, 0.4) is 0 Å². The lowest BCUT2D eigenvalue weighted by Gasteiger charge is -2.25. The lowest BCUT2D eigenvalue weighted by Crippen LogP contribution is -2.89. The minimum absolute atomic E-state index is 0.0129. The fraction of sp³-hybridized carbons (Fsp3) is 0.562. The number of quaternary nitrogens is 1. The van der Waals surface area contributed by atoms with Gasteiger partial charge in [0, 0.05) is 5.56 Å². The molecule has 0 bridgehead atoms. The molecular weight excluding hydrogens is 284 g/mol. The lowest BCUT2D eigenvalue weighted by molar-refractivity contribution is -0.682. The van der Waals surface area contributed by atoms with Gasteiger partial charge in [-0.3, -0.25) is 4.79 Å². The van der Waals surface area contributed by atoms with Crippen LogP contribution in [-0.4, -0.2) is 42.3 Å². The number of carbonyl (C=O) groups is 1. The molecule has 1 fully saturated rings. The van der Waals surface area contributed by atoms with Gasteiger partial charge < -0.3 is 15.0 Å². The topological polar surface area (TPSA) is 46.1 Å². The first-order valence-electron chi connectivity index (χ1n) is 7.46. The van der Waals surface area contributed by atoms with Gasteiger partial charge in [0.15, 0.2) is 0 Å². The highest BCUT2D eigenvalue weighted by Gasteiger charge is 2.39. The first-order valence-corrected chi connectivity index (χ1v) is 8.41. The number of carbonyl (C=O) groups excluding carboxylic acids is 1. The predicted molar refractivity (Wildman–Crippen MR) is 86.4 cm³/mol. The summed E-state index contributed by atoms with van der Waals surface area (Å²) in [6.07, 6.45) is 0. The third-order valence-electron chi connectivity index (χ3n) is 3.66. The fourth-order valence-corrected chi connectivity index (χ4v) is 3.90. The van der Waals surface area contributed by atoms with Crippen LogP contribution in [0.1, 0.15) is 31.7 Å². The van der Waals surface area contributed by atoms with E-state index in [0.717, 1.165) is 24.4 Å². The SMILES string of the molecule is COc1ccccc1[C@@H]1S[C@@H](C)C(=O)N1CC[NH2+]C(C)C. The van der Waals surface area contributed by atoms with E-state index in [1.165, 1.54) is 0 Å². The molecule has 4 nitrogen and oxygen atoms in total. The maximum Gasteiger partial charge on any atom is 0.236 e. The van der Waals surface area contributed by atoms with Crippen molar-refractivity contribution < 1.29 is 14.8 Å². The normalized spacial score (nSPS) is 22.1. The quantitative estimate of drug-likeness (QED) is 0.869. The first-order chi connectivity index (χ1) is 10.0. The Morgan fingerprint density at radius 2 is 2.10 bits per heavy atom. The highest BCUT2D eigenvalue weighted by Crippen LogP contribution is 2.45. The Bertz CT molecular complexity index is 493. The van der Waals surface area contributed by atoms with Crippen LogP contribution in [0.5, 0.6) is 5.75 Å². The molecule has 0 radical (unpaired) electrons. The summed E-state index contributed by atoms with van der Waals surface area (Å²) in [5.74, 6) is 1.09. The summed E-state index contributed by atoms with van der Waals surface area (Å²) in [5.41, 5.74) is 1.09. The second kappa shape index (κ2) is 7.18. The number of rotatable bonds is 6. The largest absolute Gasteiger partial charge is 0.496 e. The second-order valence-electron chi connectivity index (χ2n) is 5.67. The number of nitrogens with zero attached hydrogens (tertiary/aromatic N) is 1. The van der Waals surface area contributed by atoms with Crippen LogP contribution in [-0.2, 0) is 4.79 Å². The fourth-order valence-electron chi connectivity index (χ4n) is 2.56. The third kappa shape index (κ3) is 3.71. The van der Waals surface area contributed by atoms with Gasteiger partial charge in [0.1, 0.15) is 11.1 Å². The van der Waals surface area contributed by atoms with E-state index < -0.39 is 0 Å². The minimum atomic E-state index is 0.0129. The number of nitrogens with two attached hydrogens (primary N) is 1. The molecular formula is C16H25N2O2S+. The standard InChI is InChI=1S/C16H24N2O2S/c1-11(2)17-9-10-18-15(19)12(3)21-16(18)13-7-5-6-8-14(13)20-4/h5-8,11-12,16-17H,9-10H2,1-4H3/p+1/t12-,16-/m0/s1. The van der Waals surface area contributed by atoms with Crippen molar-refractivity contribution in [3.63, 3.8) is 0 Å². The van der Waals surface area contributed by atoms with Crippen molar-refractivity contribution in [3.8, 4) is 5.75 Å². The first kappa shape index (κ1) is 16.2. The van der Waals surface area contributed by atoms with Crippen LogP contribution < -0.4 is 10.1 Å². The summed E-state index contributed by atoms with van der Waals surface area (Å²) in [7, 11) is 1.68. The zero-order valence-corrected chi connectivity index (χ0v) is 14.0. The molecule has 21 heavy (non-hydrogen) atoms. The molecule has 1 aliphatic heterocycles. The Hall–Kier alpha value is -1.20. The molecule has 1 heterocycles. The zero-order chi connectivity index (χ0) is 15.4. The number of amides is 1. The smallest absolute Gasteiger partial charge is 0.236 e. The molecule has 1 aromatic rings. The highest BCUT2D eigenvalue weighted by atomic mass is 32.2. The van der Waals surface area contributed by atoms with Crippen molar-refractivity contribution in [3.05, 3.63) is 29.8 Å². The molecule has 0 aromatic heterocycles. The number of methoxy groups -OCH3 is 1. The van der Waals surface area contributed by atoms with E-state index in [4.69, 9.17) is 4.74 Å². The van der Waals surface area contributed by atoms with Crippen molar-refractivity contribution in [1.29, 1.82) is 0 Å². The number of hydrogen-bond acceptors (Lipinski definition) is 3. The van der Waals surface area contributed by atoms with Crippen LogP contribution in [0.2, 0.25) is 0 Å². The Labute approximate surface area is 131 Å². The average Bonchev–Trinajstić information content (AvgIpc) is 2.75. The molecule has 1 saturated heterocycles. The van der Waals surface area contributed by atoms with Gasteiger partial charge in [-0.05, 0) is 26.8 Å². The maximum atomic E-state index is 12.4. The molecule has 1 aromatic carbocycles. The maximum absolute atomic E-state index is 12.4. The molecule has 1 amide bonds. The van der Waals surface area contributed by atoms with Gasteiger partial charge >= 0.3 is 0 Å². The Morgan fingerprint density at radius 1 is 1.38 bits per heavy atom. The van der Waals surface area contributed by atoms with Gasteiger partial charge in [-0.1, -0.05) is 18.2 Å². The molecule has 2 atom stereocenters. The number of hydrogen-bond donors (Lipinski definition) is 1. The van der Waals surface area contributed by atoms with E-state index >= 15 is 0 Å². The van der Waals surface area contributed by atoms with E-state index in [2.05, 4.69) is 25.2 Å². The Balaban J connectivity index is 2.17. The molecule has 0 saturated carbocycles. The van der Waals surface area contributed by atoms with Crippen LogP contribution in [0.25, 0.3) is 0 Å². The van der Waals surface area contributed by atoms with E-state index in [9.17, 15) is 4.79 Å². The van der Waals surface area contributed by atoms with Gasteiger partial charge in [0.25, 0.3) is 0 Å². The van der Waals surface area contributed by atoms with Crippen LogP contribution >= 0.6 is 11.8 Å². The number of ether oxygens (including phenoxy) is 1. The molecule has 2 N–H and O–H groups in total. The van der Waals surface area contributed by atoms with Gasteiger partial charge in [-0.2, -0.15) is 0 Å². The number of thioether (sulfide) groups is 1. The van der Waals surface area contributed by atoms with E-state index in [1.54, 1.807) is 18.9 Å². The zero-order valence-electron chi connectivity index (χ0n) is 13.2. The Morgan fingerprint density at radius 3 is 2.76 bits per heavy atom. The summed E-state index contributed by atoms with van der Waals surface area (Å²) in [6.45, 7) is 8.03. The molecule has 1 aliphatic rings. The summed E-state index contributed by atoms with van der Waals surface area (Å²) in [4.78, 5) is 14.4. The lowest BCUT2D eigenvalue weighted by atomic mass is 10.1. The van der Waals surface area contributed by atoms with Crippen molar-refractivity contribution in [2.24, 2.45) is 0 Å². The highest BCUT2D eigenvalue weighted by molar-refractivity contribution is 8.01. The number of para-hydroxylation sites is 1. The van der Waals surface area contributed by atoms with Crippen LogP contribution in [0.4, 0.5) is 0 Å². The molecule has 2 rings (SSSR count). The van der Waals surface area contributed by atoms with Crippen molar-refractivity contribution in [1.82, 2.24) is 4.90 Å². The van der Waals surface area contributed by atoms with Crippen molar-refractivity contribution >= 4 is 17.7 Å². The Kier molecular flexibility index (Phi) is 5.53. The van der Waals surface area contributed by atoms with Crippen LogP contribution in [0, 0.1) is 0 Å². The van der Waals surface area contributed by atoms with Crippen molar-refractivity contribution in [2.75, 3.05) is 20.2 Å². The number of benzene rings is 1. The molecule has 116 valence electrons. The van der Waals surface area contributed by atoms with Crippen molar-refractivity contribution in [2.45, 2.75) is 37.4 Å². The second-order valence-corrected chi connectivity index (χ2v) is 7.10. The third-order valence-corrected chi connectivity index (χ3v) is 5.04. The molecule has 5 heteroatoms. The van der Waals surface area contributed by atoms with Crippen LogP contribution in [0.15, 0.2) is 24.3 Å². The molecule has 0 unspecified atom stereocenters. The van der Waals surface area contributed by atoms with Gasteiger partial charge in [0.2, 0.25) is 5.91 Å². The van der Waals surface area contributed by atoms with E-state index in [0.29, 0.717) is 6.04 Å². The summed E-state index contributed by atoms with van der Waals surface area (Å²) in [6, 6.07) is 8.54. The van der Waals surface area contributed by atoms with Gasteiger partial charge in [0.05, 0.1) is 31.5 Å². The van der Waals surface area contributed by atoms with E-state index in [1.807, 2.05) is 30.0 Å². The summed E-state index contributed by atoms with van der Waals surface area (Å²) >= 11 is 1.71.